The molecule has 0 bridgehead atoms. The average Bonchev–Trinajstić information content (AvgIpc) is 3.59. The van der Waals surface area contributed by atoms with Crippen molar-refractivity contribution in [2.75, 3.05) is 13.2 Å². The first kappa shape index (κ1) is 82.4. The molecule has 1 rings (SSSR count). The maximum atomic E-state index is 13.2. The minimum atomic E-state index is -1.57. The number of aliphatic hydroxyl groups excluding tert-OH is 5. The molecular weight excluding hydrogens is 1070 g/mol. The lowest BCUT2D eigenvalue weighted by atomic mass is 9.99. The summed E-state index contributed by atoms with van der Waals surface area (Å²) in [6.45, 7) is 3.83. The molecule has 1 amide bonds. The molecule has 86 heavy (non-hydrogen) atoms. The normalized spacial score (nSPS) is 18.2. The van der Waals surface area contributed by atoms with Gasteiger partial charge >= 0.3 is 0 Å². The Kier molecular flexibility index (Phi) is 63.6. The van der Waals surface area contributed by atoms with Crippen LogP contribution in [0.3, 0.4) is 0 Å². The third-order valence-corrected chi connectivity index (χ3v) is 18.5. The molecule has 1 fully saturated rings. The van der Waals surface area contributed by atoms with Crippen molar-refractivity contribution >= 4 is 5.91 Å². The van der Waals surface area contributed by atoms with Crippen molar-refractivity contribution in [2.24, 2.45) is 0 Å². The van der Waals surface area contributed by atoms with E-state index in [-0.39, 0.29) is 12.5 Å². The SMILES string of the molecule is CCCCCCC/C=C\C/C=C\CCCCCCCCCCCCCCCCCCCCCC(=O)NC(COC1OC(CO)C(O)C(O)C1O)C(O)/C=C/CCCCCCCCCCCCCCCCCCCCCCCCCCCCCCCC. The first-order valence-corrected chi connectivity index (χ1v) is 38.2. The van der Waals surface area contributed by atoms with Crippen LogP contribution in [0.15, 0.2) is 36.5 Å². The molecule has 0 spiro atoms. The van der Waals surface area contributed by atoms with Gasteiger partial charge in [0.1, 0.15) is 24.4 Å². The molecule has 1 aliphatic rings. The van der Waals surface area contributed by atoms with E-state index in [1.807, 2.05) is 6.08 Å². The van der Waals surface area contributed by atoms with E-state index in [0.717, 1.165) is 44.9 Å². The van der Waals surface area contributed by atoms with Gasteiger partial charge in [-0.05, 0) is 51.4 Å². The van der Waals surface area contributed by atoms with Crippen molar-refractivity contribution in [1.29, 1.82) is 0 Å². The predicted octanol–water partition coefficient (Wildman–Crippen LogP) is 21.4. The zero-order valence-corrected chi connectivity index (χ0v) is 57.1. The molecule has 0 radical (unpaired) electrons. The monoisotopic (exact) mass is 1210 g/mol. The molecule has 0 aromatic rings. The third-order valence-electron chi connectivity index (χ3n) is 18.5. The van der Waals surface area contributed by atoms with Gasteiger partial charge in [0.05, 0.1) is 25.4 Å². The largest absolute Gasteiger partial charge is 0.394 e. The lowest BCUT2D eigenvalue weighted by molar-refractivity contribution is -0.302. The molecule has 0 aromatic heterocycles. The molecule has 1 saturated heterocycles. The van der Waals surface area contributed by atoms with Crippen molar-refractivity contribution in [3.63, 3.8) is 0 Å². The summed E-state index contributed by atoms with van der Waals surface area (Å²) in [4.78, 5) is 13.2. The first-order valence-electron chi connectivity index (χ1n) is 38.2. The fraction of sp³-hybridized carbons (Fsp3) is 0.909. The number of amides is 1. The number of allylic oxidation sites excluding steroid dienone is 5. The summed E-state index contributed by atoms with van der Waals surface area (Å²) in [5.41, 5.74) is 0. The van der Waals surface area contributed by atoms with Crippen LogP contribution in [0.2, 0.25) is 0 Å². The average molecular weight is 1220 g/mol. The Morgan fingerprint density at radius 2 is 0.686 bits per heavy atom. The number of ether oxygens (including phenoxy) is 2. The second-order valence-corrected chi connectivity index (χ2v) is 26.8. The summed E-state index contributed by atoms with van der Waals surface area (Å²) < 4.78 is 11.3. The molecule has 1 aliphatic heterocycles. The highest BCUT2D eigenvalue weighted by molar-refractivity contribution is 5.76. The topological polar surface area (TPSA) is 149 Å². The van der Waals surface area contributed by atoms with Gasteiger partial charge in [-0.1, -0.05) is 371 Å². The fourth-order valence-corrected chi connectivity index (χ4v) is 12.5. The van der Waals surface area contributed by atoms with E-state index in [4.69, 9.17) is 9.47 Å². The van der Waals surface area contributed by atoms with E-state index in [2.05, 4.69) is 43.5 Å². The van der Waals surface area contributed by atoms with Crippen LogP contribution >= 0.6 is 0 Å². The van der Waals surface area contributed by atoms with Crippen LogP contribution in [-0.2, 0) is 14.3 Å². The van der Waals surface area contributed by atoms with E-state index in [9.17, 15) is 30.3 Å². The van der Waals surface area contributed by atoms with Gasteiger partial charge in [0.2, 0.25) is 5.91 Å². The van der Waals surface area contributed by atoms with Gasteiger partial charge in [0.15, 0.2) is 6.29 Å². The van der Waals surface area contributed by atoms with Crippen LogP contribution in [0.25, 0.3) is 0 Å². The lowest BCUT2D eigenvalue weighted by Gasteiger charge is -2.40. The molecule has 0 aromatic carbocycles. The molecular formula is C77H147NO8. The zero-order chi connectivity index (χ0) is 62.1. The highest BCUT2D eigenvalue weighted by Crippen LogP contribution is 2.24. The molecule has 9 nitrogen and oxygen atoms in total. The Morgan fingerprint density at radius 1 is 0.395 bits per heavy atom. The number of hydrogen-bond donors (Lipinski definition) is 6. The van der Waals surface area contributed by atoms with Crippen LogP contribution in [0, 0.1) is 0 Å². The Morgan fingerprint density at radius 3 is 1.00 bits per heavy atom. The van der Waals surface area contributed by atoms with E-state index >= 15 is 0 Å². The van der Waals surface area contributed by atoms with Gasteiger partial charge < -0.3 is 40.3 Å². The molecule has 0 saturated carbocycles. The van der Waals surface area contributed by atoms with Crippen molar-refractivity contribution in [3.05, 3.63) is 36.5 Å². The van der Waals surface area contributed by atoms with Crippen LogP contribution in [-0.4, -0.2) is 87.5 Å². The number of unbranched alkanes of at least 4 members (excludes halogenated alkanes) is 54. The molecule has 1 heterocycles. The van der Waals surface area contributed by atoms with Crippen LogP contribution in [0.4, 0.5) is 0 Å². The van der Waals surface area contributed by atoms with Crippen LogP contribution < -0.4 is 5.32 Å². The Hall–Kier alpha value is -1.59. The summed E-state index contributed by atoms with van der Waals surface area (Å²) in [5, 5.41) is 54.9. The second kappa shape index (κ2) is 66.3. The Bertz CT molecular complexity index is 1450. The summed E-state index contributed by atoms with van der Waals surface area (Å²) in [7, 11) is 0. The quantitative estimate of drug-likeness (QED) is 0.0261. The van der Waals surface area contributed by atoms with Crippen LogP contribution in [0.5, 0.6) is 0 Å². The summed E-state index contributed by atoms with van der Waals surface area (Å²) >= 11 is 0. The van der Waals surface area contributed by atoms with E-state index in [1.54, 1.807) is 6.08 Å². The maximum absolute atomic E-state index is 13.2. The highest BCUT2D eigenvalue weighted by Gasteiger charge is 2.44. The molecule has 7 unspecified atom stereocenters. The minimum absolute atomic E-state index is 0.169. The zero-order valence-electron chi connectivity index (χ0n) is 57.1. The number of rotatable bonds is 68. The smallest absolute Gasteiger partial charge is 0.220 e. The van der Waals surface area contributed by atoms with Crippen molar-refractivity contribution in [3.8, 4) is 0 Å². The number of nitrogens with one attached hydrogen (secondary N) is 1. The predicted molar refractivity (Wildman–Crippen MR) is 369 cm³/mol. The lowest BCUT2D eigenvalue weighted by Crippen LogP contribution is -2.60. The summed E-state index contributed by atoms with van der Waals surface area (Å²) in [6.07, 6.45) is 82.8. The van der Waals surface area contributed by atoms with E-state index in [0.29, 0.717) is 6.42 Å². The second-order valence-electron chi connectivity index (χ2n) is 26.8. The number of carbonyl (C=O) groups is 1. The standard InChI is InChI=1S/C77H147NO8/c1-3-5-7-9-11-13-15-17-19-21-23-25-27-29-31-33-35-37-38-40-42-44-46-48-50-52-54-56-58-60-62-64-66-71(80)70(69-85-77-76(84)75(83)74(82)72(68-79)86-77)78-73(81)67-65-63-61-59-57-55-53-51-49-47-45-43-41-39-36-34-32-30-28-26-24-22-20-18-16-14-12-10-8-6-4-2/h16,18,22,24,64,66,70-72,74-77,79-80,82-84H,3-15,17,19-21,23,25-63,65,67-69H2,1-2H3,(H,78,81)/b18-16-,24-22-,66-64+. The fourth-order valence-electron chi connectivity index (χ4n) is 12.5. The minimum Gasteiger partial charge on any atom is -0.394 e. The van der Waals surface area contributed by atoms with E-state index < -0.39 is 49.5 Å². The molecule has 7 atom stereocenters. The number of hydrogen-bond acceptors (Lipinski definition) is 8. The summed E-state index contributed by atoms with van der Waals surface area (Å²) in [6, 6.07) is -0.806. The van der Waals surface area contributed by atoms with Gasteiger partial charge in [0, 0.05) is 6.42 Å². The van der Waals surface area contributed by atoms with Gasteiger partial charge in [0.25, 0.3) is 0 Å². The molecule has 9 heteroatoms. The van der Waals surface area contributed by atoms with Crippen LogP contribution in [0.1, 0.15) is 393 Å². The summed E-state index contributed by atoms with van der Waals surface area (Å²) in [5.74, 6) is -0.169. The Balaban J connectivity index is 2.09. The van der Waals surface area contributed by atoms with Crippen molar-refractivity contribution < 1.29 is 39.8 Å². The Labute approximate surface area is 533 Å². The van der Waals surface area contributed by atoms with Crippen molar-refractivity contribution in [2.45, 2.75) is 436 Å². The van der Waals surface area contributed by atoms with Gasteiger partial charge in [-0.3, -0.25) is 4.79 Å². The number of carbonyl (C=O) groups excluding carboxylic acids is 1. The molecule has 0 aliphatic carbocycles. The van der Waals surface area contributed by atoms with Gasteiger partial charge in [-0.15, -0.1) is 0 Å². The van der Waals surface area contributed by atoms with Gasteiger partial charge in [-0.2, -0.15) is 0 Å². The van der Waals surface area contributed by atoms with E-state index in [1.165, 1.54) is 327 Å². The first-order chi connectivity index (χ1) is 42.3. The van der Waals surface area contributed by atoms with Crippen molar-refractivity contribution in [1.82, 2.24) is 5.32 Å². The maximum Gasteiger partial charge on any atom is 0.220 e. The third kappa shape index (κ3) is 54.2. The number of aliphatic hydroxyl groups is 5. The molecule has 6 N–H and O–H groups in total. The highest BCUT2D eigenvalue weighted by atomic mass is 16.7. The van der Waals surface area contributed by atoms with Gasteiger partial charge in [-0.25, -0.2) is 0 Å². The molecule has 508 valence electrons.